The first-order valence-corrected chi connectivity index (χ1v) is 7.03. The van der Waals surface area contributed by atoms with Crippen LogP contribution in [0.5, 0.6) is 0 Å². The molecule has 3 atom stereocenters. The number of alkyl halides is 2. The van der Waals surface area contributed by atoms with Gasteiger partial charge in [-0.2, -0.15) is 0 Å². The first kappa shape index (κ1) is 13.4. The minimum Gasteiger partial charge on any atom is -0.314 e. The second-order valence-electron chi connectivity index (χ2n) is 3.44. The van der Waals surface area contributed by atoms with Crippen LogP contribution in [-0.2, 0) is 0 Å². The molecule has 0 heterocycles. The fourth-order valence-corrected chi connectivity index (χ4v) is 2.17. The highest BCUT2D eigenvalue weighted by Gasteiger charge is 2.04. The Kier molecular flexibility index (Phi) is 8.71. The van der Waals surface area contributed by atoms with Crippen LogP contribution in [0.4, 0.5) is 0 Å². The topological polar surface area (TPSA) is 12.0 Å². The molecule has 3 unspecified atom stereocenters. The Morgan fingerprint density at radius 2 is 1.67 bits per heavy atom. The van der Waals surface area contributed by atoms with E-state index in [0.29, 0.717) is 6.04 Å². The van der Waals surface area contributed by atoms with E-state index in [1.165, 1.54) is 12.8 Å². The predicted molar refractivity (Wildman–Crippen MR) is 73.7 cm³/mol. The van der Waals surface area contributed by atoms with Crippen molar-refractivity contribution >= 4 is 45.2 Å². The van der Waals surface area contributed by atoms with Gasteiger partial charge in [0.25, 0.3) is 0 Å². The van der Waals surface area contributed by atoms with Crippen molar-refractivity contribution in [3.63, 3.8) is 0 Å². The molecule has 0 aliphatic carbocycles. The maximum atomic E-state index is 3.54. The van der Waals surface area contributed by atoms with Gasteiger partial charge in [-0.3, -0.25) is 0 Å². The molecule has 0 radical (unpaired) electrons. The van der Waals surface area contributed by atoms with Crippen LogP contribution < -0.4 is 5.32 Å². The van der Waals surface area contributed by atoms with E-state index < -0.39 is 0 Å². The molecule has 74 valence electrons. The van der Waals surface area contributed by atoms with Crippen LogP contribution in [-0.4, -0.2) is 20.4 Å². The zero-order chi connectivity index (χ0) is 9.56. The lowest BCUT2D eigenvalue weighted by molar-refractivity contribution is 0.512. The maximum Gasteiger partial charge on any atom is 0.00960 e. The average molecular weight is 395 g/mol. The Hall–Kier alpha value is 1.42. The number of nitrogens with one attached hydrogen (secondary N) is 1. The molecular weight excluding hydrogens is 376 g/mol. The van der Waals surface area contributed by atoms with Gasteiger partial charge in [-0.05, 0) is 26.3 Å². The zero-order valence-electron chi connectivity index (χ0n) is 8.11. The van der Waals surface area contributed by atoms with E-state index in [1.807, 2.05) is 0 Å². The Labute approximate surface area is 104 Å². The lowest BCUT2D eigenvalue weighted by atomic mass is 10.2. The molecule has 0 rings (SSSR count). The van der Waals surface area contributed by atoms with E-state index in [-0.39, 0.29) is 0 Å². The van der Waals surface area contributed by atoms with Crippen molar-refractivity contribution in [2.45, 2.75) is 47.5 Å². The van der Waals surface area contributed by atoms with Crippen LogP contribution in [0.3, 0.4) is 0 Å². The average Bonchev–Trinajstić information content (AvgIpc) is 1.84. The highest BCUT2D eigenvalue weighted by molar-refractivity contribution is 14.1. The molecule has 0 aliphatic heterocycles. The van der Waals surface area contributed by atoms with Gasteiger partial charge >= 0.3 is 0 Å². The van der Waals surface area contributed by atoms with Crippen molar-refractivity contribution in [3.05, 3.63) is 0 Å². The first-order chi connectivity index (χ1) is 5.52. The lowest BCUT2D eigenvalue weighted by Gasteiger charge is -2.15. The van der Waals surface area contributed by atoms with Crippen LogP contribution in [0.1, 0.15) is 33.6 Å². The van der Waals surface area contributed by atoms with Gasteiger partial charge in [-0.1, -0.05) is 59.0 Å². The Bertz CT molecular complexity index is 105. The molecule has 0 saturated heterocycles. The standard InChI is InChI=1S/C9H19I2N/c1-7(10)4-5-12-9(3)6-8(2)11/h7-9,12H,4-6H2,1-3H3. The second-order valence-corrected chi connectivity index (χ2v) is 7.69. The molecule has 0 aliphatic rings. The molecule has 0 aromatic rings. The van der Waals surface area contributed by atoms with Crippen molar-refractivity contribution < 1.29 is 0 Å². The Morgan fingerprint density at radius 3 is 2.08 bits per heavy atom. The van der Waals surface area contributed by atoms with Crippen LogP contribution in [0, 0.1) is 0 Å². The summed E-state index contributed by atoms with van der Waals surface area (Å²) in [5.74, 6) is 0. The van der Waals surface area contributed by atoms with E-state index in [1.54, 1.807) is 0 Å². The van der Waals surface area contributed by atoms with Crippen LogP contribution >= 0.6 is 45.2 Å². The largest absolute Gasteiger partial charge is 0.314 e. The normalized spacial score (nSPS) is 18.8. The fraction of sp³-hybridized carbons (Fsp3) is 1.00. The SMILES string of the molecule is CC(I)CCNC(C)CC(C)I. The van der Waals surface area contributed by atoms with E-state index in [0.717, 1.165) is 14.4 Å². The summed E-state index contributed by atoms with van der Waals surface area (Å²) in [5.41, 5.74) is 0. The van der Waals surface area contributed by atoms with Gasteiger partial charge in [0.1, 0.15) is 0 Å². The lowest BCUT2D eigenvalue weighted by Crippen LogP contribution is -2.29. The number of rotatable bonds is 6. The molecule has 1 N–H and O–H groups in total. The molecular formula is C9H19I2N. The molecule has 12 heavy (non-hydrogen) atoms. The van der Waals surface area contributed by atoms with Gasteiger partial charge in [0.15, 0.2) is 0 Å². The van der Waals surface area contributed by atoms with Crippen LogP contribution in [0.2, 0.25) is 0 Å². The zero-order valence-corrected chi connectivity index (χ0v) is 12.4. The third kappa shape index (κ3) is 9.51. The number of hydrogen-bond donors (Lipinski definition) is 1. The summed E-state index contributed by atoms with van der Waals surface area (Å²) in [5, 5.41) is 3.54. The maximum absolute atomic E-state index is 3.54. The minimum absolute atomic E-state index is 0.673. The molecule has 0 aromatic carbocycles. The van der Waals surface area contributed by atoms with E-state index >= 15 is 0 Å². The highest BCUT2D eigenvalue weighted by atomic mass is 127. The molecule has 1 nitrogen and oxygen atoms in total. The molecule has 0 bridgehead atoms. The number of hydrogen-bond acceptors (Lipinski definition) is 1. The summed E-state index contributed by atoms with van der Waals surface area (Å²) in [7, 11) is 0. The smallest absolute Gasteiger partial charge is 0.00960 e. The fourth-order valence-electron chi connectivity index (χ4n) is 1.10. The summed E-state index contributed by atoms with van der Waals surface area (Å²) in [6, 6.07) is 0.673. The Balaban J connectivity index is 3.25. The van der Waals surface area contributed by atoms with Crippen molar-refractivity contribution in [3.8, 4) is 0 Å². The summed E-state index contributed by atoms with van der Waals surface area (Å²) in [6.45, 7) is 7.95. The van der Waals surface area contributed by atoms with Gasteiger partial charge in [-0.15, -0.1) is 0 Å². The van der Waals surface area contributed by atoms with Crippen molar-refractivity contribution in [2.24, 2.45) is 0 Å². The third-order valence-corrected chi connectivity index (χ3v) is 2.84. The van der Waals surface area contributed by atoms with E-state index in [9.17, 15) is 0 Å². The number of halogens is 2. The van der Waals surface area contributed by atoms with Gasteiger partial charge in [0, 0.05) is 13.9 Å². The van der Waals surface area contributed by atoms with Crippen LogP contribution in [0.25, 0.3) is 0 Å². The Morgan fingerprint density at radius 1 is 1.08 bits per heavy atom. The predicted octanol–water partition coefficient (Wildman–Crippen LogP) is 3.39. The quantitative estimate of drug-likeness (QED) is 0.537. The van der Waals surface area contributed by atoms with Gasteiger partial charge in [0.2, 0.25) is 0 Å². The van der Waals surface area contributed by atoms with E-state index in [2.05, 4.69) is 71.3 Å². The monoisotopic (exact) mass is 395 g/mol. The summed E-state index contributed by atoms with van der Waals surface area (Å²) >= 11 is 4.95. The molecule has 0 aromatic heterocycles. The van der Waals surface area contributed by atoms with E-state index in [4.69, 9.17) is 0 Å². The molecule has 3 heteroatoms. The van der Waals surface area contributed by atoms with Gasteiger partial charge < -0.3 is 5.32 Å². The molecule has 0 amide bonds. The summed E-state index contributed by atoms with van der Waals surface area (Å²) in [4.78, 5) is 0. The summed E-state index contributed by atoms with van der Waals surface area (Å²) < 4.78 is 1.57. The van der Waals surface area contributed by atoms with Crippen molar-refractivity contribution in [2.75, 3.05) is 6.54 Å². The highest BCUT2D eigenvalue weighted by Crippen LogP contribution is 2.08. The van der Waals surface area contributed by atoms with Crippen molar-refractivity contribution in [1.82, 2.24) is 5.32 Å². The van der Waals surface area contributed by atoms with Gasteiger partial charge in [-0.25, -0.2) is 0 Å². The second kappa shape index (κ2) is 7.79. The molecule has 0 spiro atoms. The third-order valence-electron chi connectivity index (χ3n) is 1.71. The van der Waals surface area contributed by atoms with Crippen LogP contribution in [0.15, 0.2) is 0 Å². The summed E-state index contributed by atoms with van der Waals surface area (Å²) in [6.07, 6.45) is 2.55. The first-order valence-electron chi connectivity index (χ1n) is 4.54. The minimum atomic E-state index is 0.673. The van der Waals surface area contributed by atoms with Gasteiger partial charge in [0.05, 0.1) is 0 Å². The van der Waals surface area contributed by atoms with Crippen molar-refractivity contribution in [1.29, 1.82) is 0 Å². The molecule has 0 fully saturated rings. The molecule has 0 saturated carbocycles.